The summed E-state index contributed by atoms with van der Waals surface area (Å²) in [6, 6.07) is 29.1. The van der Waals surface area contributed by atoms with Gasteiger partial charge in [0.25, 0.3) is 0 Å². The zero-order valence-electron chi connectivity index (χ0n) is 14.9. The molecule has 0 spiro atoms. The van der Waals surface area contributed by atoms with Crippen molar-refractivity contribution in [2.75, 3.05) is 0 Å². The van der Waals surface area contributed by atoms with Gasteiger partial charge in [0.1, 0.15) is 0 Å². The molecule has 1 heteroatoms. The van der Waals surface area contributed by atoms with Crippen molar-refractivity contribution < 1.29 is 4.79 Å². The standard InChI is InChI=1S/C25H22O/c1-18-12-14-20(15-13-18)23-16-22(19-8-4-2-5-9-19)17-24(26)25(23)21-10-6-3-7-11-21/h2-15,17,23,25H,16H2,1H3/t23-,25-/m0/s1. The molecule has 3 aromatic rings. The number of carbonyl (C=O) groups is 1. The lowest BCUT2D eigenvalue weighted by Crippen LogP contribution is -2.24. The SMILES string of the molecule is Cc1ccc([C@@H]2CC(c3ccccc3)=CC(=O)[C@H]2c2ccccc2)cc1. The largest absolute Gasteiger partial charge is 0.294 e. The van der Waals surface area contributed by atoms with Crippen LogP contribution in [0.5, 0.6) is 0 Å². The van der Waals surface area contributed by atoms with Crippen LogP contribution >= 0.6 is 0 Å². The number of benzene rings is 3. The molecule has 4 rings (SSSR count). The van der Waals surface area contributed by atoms with Gasteiger partial charge in [-0.15, -0.1) is 0 Å². The summed E-state index contributed by atoms with van der Waals surface area (Å²) in [5.41, 5.74) is 5.86. The first-order chi connectivity index (χ1) is 12.7. The molecule has 0 amide bonds. The first-order valence-corrected chi connectivity index (χ1v) is 9.14. The Morgan fingerprint density at radius 2 is 1.35 bits per heavy atom. The van der Waals surface area contributed by atoms with Gasteiger partial charge in [0, 0.05) is 5.92 Å². The van der Waals surface area contributed by atoms with E-state index in [9.17, 15) is 4.79 Å². The zero-order valence-corrected chi connectivity index (χ0v) is 14.9. The molecule has 3 aromatic carbocycles. The lowest BCUT2D eigenvalue weighted by Gasteiger charge is -2.31. The average Bonchev–Trinajstić information content (AvgIpc) is 2.69. The first-order valence-electron chi connectivity index (χ1n) is 9.14. The molecule has 0 aliphatic heterocycles. The molecule has 0 saturated heterocycles. The van der Waals surface area contributed by atoms with Crippen molar-refractivity contribution in [3.8, 4) is 0 Å². The van der Waals surface area contributed by atoms with Crippen LogP contribution in [0.25, 0.3) is 5.57 Å². The van der Waals surface area contributed by atoms with Crippen LogP contribution in [0, 0.1) is 6.92 Å². The van der Waals surface area contributed by atoms with Crippen LogP contribution in [0.3, 0.4) is 0 Å². The molecule has 0 fully saturated rings. The monoisotopic (exact) mass is 338 g/mol. The lowest BCUT2D eigenvalue weighted by atomic mass is 9.71. The third kappa shape index (κ3) is 3.25. The minimum atomic E-state index is -0.119. The van der Waals surface area contributed by atoms with Crippen molar-refractivity contribution in [3.63, 3.8) is 0 Å². The predicted molar refractivity (Wildman–Crippen MR) is 107 cm³/mol. The van der Waals surface area contributed by atoms with Gasteiger partial charge < -0.3 is 0 Å². The lowest BCUT2D eigenvalue weighted by molar-refractivity contribution is -0.116. The summed E-state index contributed by atoms with van der Waals surface area (Å²) < 4.78 is 0. The number of allylic oxidation sites excluding steroid dienone is 2. The Kier molecular flexibility index (Phi) is 4.53. The molecule has 1 aliphatic carbocycles. The van der Waals surface area contributed by atoms with E-state index in [1.165, 1.54) is 11.1 Å². The summed E-state index contributed by atoms with van der Waals surface area (Å²) >= 11 is 0. The Morgan fingerprint density at radius 1 is 0.731 bits per heavy atom. The Balaban J connectivity index is 1.80. The van der Waals surface area contributed by atoms with E-state index >= 15 is 0 Å². The second-order valence-corrected chi connectivity index (χ2v) is 7.05. The van der Waals surface area contributed by atoms with Gasteiger partial charge in [0.2, 0.25) is 0 Å². The van der Waals surface area contributed by atoms with Crippen molar-refractivity contribution in [3.05, 3.63) is 113 Å². The Bertz CT molecular complexity index is 921. The van der Waals surface area contributed by atoms with Crippen LogP contribution in [0.15, 0.2) is 91.0 Å². The van der Waals surface area contributed by atoms with E-state index in [1.807, 2.05) is 42.5 Å². The minimum absolute atomic E-state index is 0.119. The van der Waals surface area contributed by atoms with Crippen molar-refractivity contribution in [2.24, 2.45) is 0 Å². The fourth-order valence-electron chi connectivity index (χ4n) is 3.91. The first kappa shape index (κ1) is 16.5. The Hall–Kier alpha value is -2.93. The minimum Gasteiger partial charge on any atom is -0.294 e. The summed E-state index contributed by atoms with van der Waals surface area (Å²) in [6.45, 7) is 2.10. The molecular formula is C25H22O. The maximum absolute atomic E-state index is 13.2. The highest BCUT2D eigenvalue weighted by Gasteiger charge is 2.34. The van der Waals surface area contributed by atoms with Gasteiger partial charge in [-0.05, 0) is 41.7 Å². The molecule has 0 heterocycles. The van der Waals surface area contributed by atoms with Gasteiger partial charge in [0.15, 0.2) is 5.78 Å². The van der Waals surface area contributed by atoms with Crippen LogP contribution in [0.1, 0.15) is 40.5 Å². The summed E-state index contributed by atoms with van der Waals surface area (Å²) in [6.07, 6.45) is 2.73. The maximum Gasteiger partial charge on any atom is 0.164 e. The number of aryl methyl sites for hydroxylation is 1. The Morgan fingerprint density at radius 3 is 2.00 bits per heavy atom. The predicted octanol–water partition coefficient (Wildman–Crippen LogP) is 5.92. The number of hydrogen-bond donors (Lipinski definition) is 0. The normalized spacial score (nSPS) is 19.9. The van der Waals surface area contributed by atoms with E-state index in [-0.39, 0.29) is 17.6 Å². The molecule has 26 heavy (non-hydrogen) atoms. The highest BCUT2D eigenvalue weighted by molar-refractivity contribution is 6.03. The van der Waals surface area contributed by atoms with E-state index in [1.54, 1.807) is 0 Å². The Labute approximate surface area is 155 Å². The van der Waals surface area contributed by atoms with Gasteiger partial charge in [-0.2, -0.15) is 0 Å². The van der Waals surface area contributed by atoms with Crippen LogP contribution in [0.4, 0.5) is 0 Å². The third-order valence-electron chi connectivity index (χ3n) is 5.27. The molecule has 2 atom stereocenters. The highest BCUT2D eigenvalue weighted by atomic mass is 16.1. The van der Waals surface area contributed by atoms with Crippen molar-refractivity contribution in [2.45, 2.75) is 25.2 Å². The van der Waals surface area contributed by atoms with E-state index in [0.717, 1.165) is 23.1 Å². The van der Waals surface area contributed by atoms with Gasteiger partial charge in [-0.3, -0.25) is 4.79 Å². The topological polar surface area (TPSA) is 17.1 Å². The summed E-state index contributed by atoms with van der Waals surface area (Å²) in [5, 5.41) is 0. The number of carbonyl (C=O) groups excluding carboxylic acids is 1. The highest BCUT2D eigenvalue weighted by Crippen LogP contribution is 2.44. The van der Waals surface area contributed by atoms with Crippen molar-refractivity contribution >= 4 is 11.4 Å². The van der Waals surface area contributed by atoms with Crippen LogP contribution in [0.2, 0.25) is 0 Å². The third-order valence-corrected chi connectivity index (χ3v) is 5.27. The molecule has 0 bridgehead atoms. The average molecular weight is 338 g/mol. The van der Waals surface area contributed by atoms with Crippen molar-refractivity contribution in [1.82, 2.24) is 0 Å². The van der Waals surface area contributed by atoms with E-state index in [2.05, 4.69) is 55.5 Å². The second kappa shape index (κ2) is 7.13. The smallest absolute Gasteiger partial charge is 0.164 e. The molecule has 0 aromatic heterocycles. The number of ketones is 1. The van der Waals surface area contributed by atoms with E-state index in [0.29, 0.717) is 0 Å². The maximum atomic E-state index is 13.2. The molecule has 0 N–H and O–H groups in total. The molecular weight excluding hydrogens is 316 g/mol. The molecule has 0 unspecified atom stereocenters. The van der Waals surface area contributed by atoms with Crippen molar-refractivity contribution in [1.29, 1.82) is 0 Å². The molecule has 1 aliphatic rings. The molecule has 0 radical (unpaired) electrons. The van der Waals surface area contributed by atoms with Crippen LogP contribution in [-0.4, -0.2) is 5.78 Å². The van der Waals surface area contributed by atoms with E-state index in [4.69, 9.17) is 0 Å². The van der Waals surface area contributed by atoms with Gasteiger partial charge >= 0.3 is 0 Å². The van der Waals surface area contributed by atoms with E-state index < -0.39 is 0 Å². The zero-order chi connectivity index (χ0) is 17.9. The quantitative estimate of drug-likeness (QED) is 0.579. The van der Waals surface area contributed by atoms with Crippen LogP contribution < -0.4 is 0 Å². The summed E-state index contributed by atoms with van der Waals surface area (Å²) in [4.78, 5) is 13.2. The van der Waals surface area contributed by atoms with Gasteiger partial charge in [-0.1, -0.05) is 90.5 Å². The van der Waals surface area contributed by atoms with Gasteiger partial charge in [0.05, 0.1) is 5.92 Å². The number of rotatable bonds is 3. The fourth-order valence-corrected chi connectivity index (χ4v) is 3.91. The molecule has 1 nitrogen and oxygen atoms in total. The number of hydrogen-bond acceptors (Lipinski definition) is 1. The molecule has 128 valence electrons. The van der Waals surface area contributed by atoms with Crippen LogP contribution in [-0.2, 0) is 4.79 Å². The summed E-state index contributed by atoms with van der Waals surface area (Å²) in [5.74, 6) is 0.240. The summed E-state index contributed by atoms with van der Waals surface area (Å²) in [7, 11) is 0. The second-order valence-electron chi connectivity index (χ2n) is 7.05. The fraction of sp³-hybridized carbons (Fsp3) is 0.160. The van der Waals surface area contributed by atoms with Gasteiger partial charge in [-0.25, -0.2) is 0 Å². The molecule has 0 saturated carbocycles.